The summed E-state index contributed by atoms with van der Waals surface area (Å²) in [4.78, 5) is 10.8. The standard InChI is InChI=1S/C13H15NO2/c1-8-4-9(2)12(10(3)5-8)6-11(7-14)13(15)16/h4-5,11H,6H2,1-3H3,(H,15,16). The molecule has 0 saturated heterocycles. The van der Waals surface area contributed by atoms with E-state index < -0.39 is 11.9 Å². The number of aliphatic carboxylic acids is 1. The van der Waals surface area contributed by atoms with Crippen molar-refractivity contribution >= 4 is 5.97 Å². The van der Waals surface area contributed by atoms with Crippen LogP contribution < -0.4 is 0 Å². The summed E-state index contributed by atoms with van der Waals surface area (Å²) in [6, 6.07) is 5.84. The molecule has 16 heavy (non-hydrogen) atoms. The number of nitriles is 1. The molecule has 1 rings (SSSR count). The number of carboxylic acid groups (broad SMARTS) is 1. The van der Waals surface area contributed by atoms with Gasteiger partial charge in [-0.05, 0) is 43.9 Å². The van der Waals surface area contributed by atoms with E-state index in [4.69, 9.17) is 10.4 Å². The van der Waals surface area contributed by atoms with Crippen molar-refractivity contribution in [1.29, 1.82) is 5.26 Å². The molecule has 0 heterocycles. The molecule has 0 fully saturated rings. The summed E-state index contributed by atoms with van der Waals surface area (Å²) in [6.07, 6.45) is 0.282. The van der Waals surface area contributed by atoms with Crippen LogP contribution in [0, 0.1) is 38.0 Å². The lowest BCUT2D eigenvalue weighted by atomic mass is 9.92. The molecule has 84 valence electrons. The Balaban J connectivity index is 3.07. The van der Waals surface area contributed by atoms with Gasteiger partial charge >= 0.3 is 5.97 Å². The summed E-state index contributed by atoms with van der Waals surface area (Å²) in [7, 11) is 0. The number of hydrogen-bond acceptors (Lipinski definition) is 2. The van der Waals surface area contributed by atoms with Crippen LogP contribution in [-0.2, 0) is 11.2 Å². The Kier molecular flexibility index (Phi) is 3.68. The van der Waals surface area contributed by atoms with Gasteiger partial charge in [0, 0.05) is 0 Å². The predicted octanol–water partition coefficient (Wildman–Crippen LogP) is 2.38. The van der Waals surface area contributed by atoms with Crippen molar-refractivity contribution in [2.24, 2.45) is 5.92 Å². The second kappa shape index (κ2) is 4.80. The molecular weight excluding hydrogens is 202 g/mol. The van der Waals surface area contributed by atoms with Crippen LogP contribution in [-0.4, -0.2) is 11.1 Å². The molecule has 3 nitrogen and oxygen atoms in total. The maximum absolute atomic E-state index is 10.8. The number of rotatable bonds is 3. The van der Waals surface area contributed by atoms with Gasteiger partial charge in [-0.3, -0.25) is 4.79 Å². The van der Waals surface area contributed by atoms with Crippen molar-refractivity contribution in [3.63, 3.8) is 0 Å². The zero-order chi connectivity index (χ0) is 12.3. The van der Waals surface area contributed by atoms with E-state index in [1.165, 1.54) is 0 Å². The molecule has 0 spiro atoms. The van der Waals surface area contributed by atoms with Gasteiger partial charge in [0.1, 0.15) is 5.92 Å². The number of carbonyl (C=O) groups is 1. The van der Waals surface area contributed by atoms with E-state index in [-0.39, 0.29) is 6.42 Å². The zero-order valence-electron chi connectivity index (χ0n) is 9.74. The summed E-state index contributed by atoms with van der Waals surface area (Å²) >= 11 is 0. The largest absolute Gasteiger partial charge is 0.480 e. The molecule has 0 aliphatic heterocycles. The SMILES string of the molecule is Cc1cc(C)c(CC(C#N)C(=O)O)c(C)c1. The van der Waals surface area contributed by atoms with Gasteiger partial charge in [-0.1, -0.05) is 17.7 Å². The van der Waals surface area contributed by atoms with E-state index in [1.807, 2.05) is 39.0 Å². The Morgan fingerprint density at radius 2 is 1.88 bits per heavy atom. The first kappa shape index (κ1) is 12.3. The number of carboxylic acids is 1. The molecule has 1 aromatic carbocycles. The monoisotopic (exact) mass is 217 g/mol. The molecule has 1 N–H and O–H groups in total. The number of aryl methyl sites for hydroxylation is 3. The van der Waals surface area contributed by atoms with Crippen LogP contribution in [0.15, 0.2) is 12.1 Å². The van der Waals surface area contributed by atoms with Gasteiger partial charge in [-0.15, -0.1) is 0 Å². The van der Waals surface area contributed by atoms with Crippen molar-refractivity contribution in [3.05, 3.63) is 34.4 Å². The fourth-order valence-corrected chi connectivity index (χ4v) is 1.92. The lowest BCUT2D eigenvalue weighted by Gasteiger charge is -2.12. The second-order valence-electron chi connectivity index (χ2n) is 4.10. The van der Waals surface area contributed by atoms with Crippen LogP contribution in [0.3, 0.4) is 0 Å². The number of hydrogen-bond donors (Lipinski definition) is 1. The minimum absolute atomic E-state index is 0.282. The lowest BCUT2D eigenvalue weighted by Crippen LogP contribution is -2.15. The van der Waals surface area contributed by atoms with E-state index in [9.17, 15) is 4.79 Å². The maximum Gasteiger partial charge on any atom is 0.321 e. The first-order valence-corrected chi connectivity index (χ1v) is 5.15. The number of nitrogens with zero attached hydrogens (tertiary/aromatic N) is 1. The van der Waals surface area contributed by atoms with Gasteiger partial charge in [0.05, 0.1) is 6.07 Å². The van der Waals surface area contributed by atoms with Crippen molar-refractivity contribution in [1.82, 2.24) is 0 Å². The highest BCUT2D eigenvalue weighted by atomic mass is 16.4. The van der Waals surface area contributed by atoms with Crippen molar-refractivity contribution in [3.8, 4) is 6.07 Å². The molecule has 1 aromatic rings. The quantitative estimate of drug-likeness (QED) is 0.845. The molecule has 0 amide bonds. The molecule has 1 atom stereocenters. The van der Waals surface area contributed by atoms with Crippen molar-refractivity contribution in [2.45, 2.75) is 27.2 Å². The summed E-state index contributed by atoms with van der Waals surface area (Å²) in [5.74, 6) is -2.01. The van der Waals surface area contributed by atoms with Crippen molar-refractivity contribution < 1.29 is 9.90 Å². The molecule has 0 aliphatic carbocycles. The molecule has 0 aliphatic rings. The summed E-state index contributed by atoms with van der Waals surface area (Å²) in [5, 5.41) is 17.6. The van der Waals surface area contributed by atoms with E-state index in [0.717, 1.165) is 22.3 Å². The average molecular weight is 217 g/mol. The Morgan fingerprint density at radius 1 is 1.38 bits per heavy atom. The molecule has 0 aromatic heterocycles. The third kappa shape index (κ3) is 2.60. The summed E-state index contributed by atoms with van der Waals surface area (Å²) < 4.78 is 0. The molecule has 3 heteroatoms. The van der Waals surface area contributed by atoms with Gasteiger partial charge in [0.25, 0.3) is 0 Å². The molecule has 0 saturated carbocycles. The van der Waals surface area contributed by atoms with Crippen LogP contribution in [0.4, 0.5) is 0 Å². The Morgan fingerprint density at radius 3 is 2.25 bits per heavy atom. The van der Waals surface area contributed by atoms with E-state index in [0.29, 0.717) is 0 Å². The van der Waals surface area contributed by atoms with Gasteiger partial charge in [0.2, 0.25) is 0 Å². The fraction of sp³-hybridized carbons (Fsp3) is 0.385. The predicted molar refractivity (Wildman–Crippen MR) is 61.1 cm³/mol. The first-order chi connectivity index (χ1) is 7.45. The normalized spacial score (nSPS) is 11.9. The minimum Gasteiger partial charge on any atom is -0.480 e. The van der Waals surface area contributed by atoms with Gasteiger partial charge < -0.3 is 5.11 Å². The van der Waals surface area contributed by atoms with Crippen LogP contribution in [0.5, 0.6) is 0 Å². The maximum atomic E-state index is 10.8. The highest BCUT2D eigenvalue weighted by Crippen LogP contribution is 2.20. The smallest absolute Gasteiger partial charge is 0.321 e. The second-order valence-corrected chi connectivity index (χ2v) is 4.10. The highest BCUT2D eigenvalue weighted by Gasteiger charge is 2.19. The van der Waals surface area contributed by atoms with Crippen molar-refractivity contribution in [2.75, 3.05) is 0 Å². The third-order valence-electron chi connectivity index (χ3n) is 2.70. The first-order valence-electron chi connectivity index (χ1n) is 5.15. The lowest BCUT2D eigenvalue weighted by molar-refractivity contribution is -0.139. The zero-order valence-corrected chi connectivity index (χ0v) is 9.74. The Bertz CT molecular complexity index is 434. The number of benzene rings is 1. The minimum atomic E-state index is -1.05. The van der Waals surface area contributed by atoms with E-state index in [2.05, 4.69) is 0 Å². The fourth-order valence-electron chi connectivity index (χ4n) is 1.92. The van der Waals surface area contributed by atoms with Crippen LogP contribution >= 0.6 is 0 Å². The summed E-state index contributed by atoms with van der Waals surface area (Å²) in [5.41, 5.74) is 4.24. The van der Waals surface area contributed by atoms with Crippen LogP contribution in [0.25, 0.3) is 0 Å². The highest BCUT2D eigenvalue weighted by molar-refractivity contribution is 5.73. The Labute approximate surface area is 95.3 Å². The van der Waals surface area contributed by atoms with E-state index >= 15 is 0 Å². The molecule has 1 unspecified atom stereocenters. The molecular formula is C13H15NO2. The van der Waals surface area contributed by atoms with Crippen LogP contribution in [0.2, 0.25) is 0 Å². The van der Waals surface area contributed by atoms with Crippen LogP contribution in [0.1, 0.15) is 22.3 Å². The third-order valence-corrected chi connectivity index (χ3v) is 2.70. The molecule has 0 radical (unpaired) electrons. The average Bonchev–Trinajstić information content (AvgIpc) is 2.15. The molecule has 0 bridgehead atoms. The van der Waals surface area contributed by atoms with Gasteiger partial charge in [-0.2, -0.15) is 5.26 Å². The topological polar surface area (TPSA) is 61.1 Å². The van der Waals surface area contributed by atoms with Gasteiger partial charge in [-0.25, -0.2) is 0 Å². The summed E-state index contributed by atoms with van der Waals surface area (Å²) in [6.45, 7) is 5.90. The van der Waals surface area contributed by atoms with E-state index in [1.54, 1.807) is 0 Å². The Hall–Kier alpha value is -1.82. The van der Waals surface area contributed by atoms with Gasteiger partial charge in [0.15, 0.2) is 0 Å².